The molecular weight excluding hydrogens is 252 g/mol. The van der Waals surface area contributed by atoms with Crippen LogP contribution in [0.25, 0.3) is 0 Å². The van der Waals surface area contributed by atoms with Crippen LogP contribution in [0, 0.1) is 5.92 Å². The predicted octanol–water partition coefficient (Wildman–Crippen LogP) is 3.15. The lowest BCUT2D eigenvalue weighted by atomic mass is 9.79. The van der Waals surface area contributed by atoms with Gasteiger partial charge < -0.3 is 0 Å². The Bertz CT molecular complexity index is 364. The van der Waals surface area contributed by atoms with Gasteiger partial charge in [0.2, 0.25) is 0 Å². The molecule has 1 saturated heterocycles. The van der Waals surface area contributed by atoms with Crippen molar-refractivity contribution in [2.45, 2.75) is 45.1 Å². The molecule has 2 nitrogen and oxygen atoms in total. The maximum Gasteiger partial charge on any atom is 0.0797 e. The fourth-order valence-electron chi connectivity index (χ4n) is 3.38. The summed E-state index contributed by atoms with van der Waals surface area (Å²) in [6, 6.07) is 0.821. The summed E-state index contributed by atoms with van der Waals surface area (Å²) in [6.45, 7) is 4.91. The molecule has 1 aromatic rings. The Morgan fingerprint density at radius 1 is 1.47 bits per heavy atom. The summed E-state index contributed by atoms with van der Waals surface area (Å²) in [5, 5.41) is 0. The Kier molecular flexibility index (Phi) is 4.45. The van der Waals surface area contributed by atoms with Crippen LogP contribution in [0.1, 0.15) is 36.8 Å². The van der Waals surface area contributed by atoms with E-state index >= 15 is 0 Å². The van der Waals surface area contributed by atoms with Gasteiger partial charge in [0.05, 0.1) is 11.2 Å². The van der Waals surface area contributed by atoms with Crippen molar-refractivity contribution in [3.63, 3.8) is 0 Å². The Morgan fingerprint density at radius 2 is 2.35 bits per heavy atom. The molecule has 0 N–H and O–H groups in total. The van der Waals surface area contributed by atoms with Crippen molar-refractivity contribution in [3.8, 4) is 0 Å². The number of likely N-dealkylation sites (tertiary alicyclic amines) is 1. The van der Waals surface area contributed by atoms with E-state index in [4.69, 9.17) is 0 Å². The van der Waals surface area contributed by atoms with Crippen molar-refractivity contribution in [1.29, 1.82) is 0 Å². The first-order chi connectivity index (χ1) is 7.88. The zero-order valence-electron chi connectivity index (χ0n) is 10.4. The van der Waals surface area contributed by atoms with Crippen LogP contribution >= 0.6 is 23.7 Å². The summed E-state index contributed by atoms with van der Waals surface area (Å²) in [7, 11) is 0. The lowest BCUT2D eigenvalue weighted by Gasteiger charge is -2.43. The maximum atomic E-state index is 4.52. The molecule has 4 heteroatoms. The summed E-state index contributed by atoms with van der Waals surface area (Å²) in [5.74, 6) is 0.884. The molecule has 1 fully saturated rings. The van der Waals surface area contributed by atoms with Gasteiger partial charge >= 0.3 is 0 Å². The van der Waals surface area contributed by atoms with Crippen LogP contribution in [0.4, 0.5) is 0 Å². The van der Waals surface area contributed by atoms with Crippen molar-refractivity contribution < 1.29 is 0 Å². The topological polar surface area (TPSA) is 16.1 Å². The molecule has 0 unspecified atom stereocenters. The van der Waals surface area contributed by atoms with E-state index < -0.39 is 0 Å². The number of nitrogens with zero attached hydrogens (tertiary/aromatic N) is 2. The third-order valence-corrected chi connectivity index (χ3v) is 5.02. The highest BCUT2D eigenvalue weighted by Crippen LogP contribution is 2.35. The molecule has 1 aliphatic carbocycles. The van der Waals surface area contributed by atoms with Gasteiger partial charge in [0.25, 0.3) is 0 Å². The van der Waals surface area contributed by atoms with Crippen LogP contribution in [0.15, 0.2) is 5.51 Å². The summed E-state index contributed by atoms with van der Waals surface area (Å²) in [5.41, 5.74) is 3.44. The maximum absolute atomic E-state index is 4.52. The van der Waals surface area contributed by atoms with Crippen LogP contribution in [-0.2, 0) is 12.8 Å². The molecule has 0 amide bonds. The molecule has 3 rings (SSSR count). The molecule has 2 heterocycles. The molecule has 2 atom stereocenters. The molecular formula is C13H21ClN2S. The quantitative estimate of drug-likeness (QED) is 0.822. The number of halogens is 1. The summed E-state index contributed by atoms with van der Waals surface area (Å²) >= 11 is 1.86. The average molecular weight is 273 g/mol. The van der Waals surface area contributed by atoms with Gasteiger partial charge in [0, 0.05) is 10.9 Å². The first-order valence-corrected chi connectivity index (χ1v) is 7.41. The number of hydrogen-bond donors (Lipinski definition) is 0. The van der Waals surface area contributed by atoms with Crippen LogP contribution in [0.3, 0.4) is 0 Å². The number of aromatic nitrogens is 1. The van der Waals surface area contributed by atoms with Gasteiger partial charge in [-0.1, -0.05) is 6.92 Å². The van der Waals surface area contributed by atoms with Crippen LogP contribution in [0.5, 0.6) is 0 Å². The number of rotatable bonds is 2. The second-order valence-corrected chi connectivity index (χ2v) is 6.08. The SMILES string of the molecule is CCCN1CCC[C@H]2Cc3ncsc3C[C@@H]21.Cl. The minimum absolute atomic E-state index is 0. The second-order valence-electron chi connectivity index (χ2n) is 5.14. The third-order valence-electron chi connectivity index (χ3n) is 4.12. The van der Waals surface area contributed by atoms with E-state index in [9.17, 15) is 0 Å². The lowest BCUT2D eigenvalue weighted by Crippen LogP contribution is -2.49. The minimum atomic E-state index is 0. The van der Waals surface area contributed by atoms with E-state index in [-0.39, 0.29) is 12.4 Å². The Labute approximate surface area is 114 Å². The number of hydrogen-bond acceptors (Lipinski definition) is 3. The van der Waals surface area contributed by atoms with E-state index in [1.807, 2.05) is 16.8 Å². The number of thiazole rings is 1. The molecule has 96 valence electrons. The molecule has 1 aliphatic heterocycles. The zero-order chi connectivity index (χ0) is 11.0. The molecule has 0 radical (unpaired) electrons. The van der Waals surface area contributed by atoms with E-state index in [2.05, 4.69) is 16.8 Å². The molecule has 0 aromatic carbocycles. The van der Waals surface area contributed by atoms with Gasteiger partial charge in [-0.05, 0) is 51.1 Å². The molecule has 0 spiro atoms. The molecule has 17 heavy (non-hydrogen) atoms. The summed E-state index contributed by atoms with van der Waals surface area (Å²) in [6.07, 6.45) is 6.61. The summed E-state index contributed by atoms with van der Waals surface area (Å²) in [4.78, 5) is 8.81. The van der Waals surface area contributed by atoms with Gasteiger partial charge in [0.1, 0.15) is 0 Å². The number of piperidine rings is 1. The van der Waals surface area contributed by atoms with Gasteiger partial charge in [-0.25, -0.2) is 4.98 Å². The van der Waals surface area contributed by atoms with Crippen LogP contribution in [-0.4, -0.2) is 29.0 Å². The fourth-order valence-corrected chi connectivity index (χ4v) is 4.22. The highest BCUT2D eigenvalue weighted by Gasteiger charge is 2.35. The smallest absolute Gasteiger partial charge is 0.0797 e. The Morgan fingerprint density at radius 3 is 3.18 bits per heavy atom. The largest absolute Gasteiger partial charge is 0.300 e. The van der Waals surface area contributed by atoms with Crippen molar-refractivity contribution in [2.75, 3.05) is 13.1 Å². The molecule has 1 aromatic heterocycles. The van der Waals surface area contributed by atoms with Crippen LogP contribution in [0.2, 0.25) is 0 Å². The lowest BCUT2D eigenvalue weighted by molar-refractivity contribution is 0.0857. The zero-order valence-corrected chi connectivity index (χ0v) is 12.0. The van der Waals surface area contributed by atoms with E-state index in [1.54, 1.807) is 4.88 Å². The first kappa shape index (κ1) is 13.3. The van der Waals surface area contributed by atoms with Gasteiger partial charge in [-0.15, -0.1) is 23.7 Å². The van der Waals surface area contributed by atoms with Crippen molar-refractivity contribution in [1.82, 2.24) is 9.88 Å². The van der Waals surface area contributed by atoms with Crippen molar-refractivity contribution >= 4 is 23.7 Å². The van der Waals surface area contributed by atoms with E-state index in [0.717, 1.165) is 12.0 Å². The molecule has 0 saturated carbocycles. The minimum Gasteiger partial charge on any atom is -0.300 e. The highest BCUT2D eigenvalue weighted by molar-refractivity contribution is 7.09. The number of fused-ring (bicyclic) bond motifs is 2. The summed E-state index contributed by atoms with van der Waals surface area (Å²) < 4.78 is 0. The second kappa shape index (κ2) is 5.68. The fraction of sp³-hybridized carbons (Fsp3) is 0.769. The van der Waals surface area contributed by atoms with E-state index in [0.29, 0.717) is 0 Å². The molecule has 2 aliphatic rings. The van der Waals surface area contributed by atoms with Crippen LogP contribution < -0.4 is 0 Å². The predicted molar refractivity (Wildman–Crippen MR) is 75.1 cm³/mol. The Balaban J connectivity index is 0.00000108. The van der Waals surface area contributed by atoms with Gasteiger partial charge in [0.15, 0.2) is 0 Å². The van der Waals surface area contributed by atoms with Crippen molar-refractivity contribution in [2.24, 2.45) is 5.92 Å². The highest BCUT2D eigenvalue weighted by atomic mass is 35.5. The first-order valence-electron chi connectivity index (χ1n) is 6.53. The Hall–Kier alpha value is -0.120. The van der Waals surface area contributed by atoms with Gasteiger partial charge in [-0.3, -0.25) is 4.90 Å². The monoisotopic (exact) mass is 272 g/mol. The van der Waals surface area contributed by atoms with E-state index in [1.165, 1.54) is 50.9 Å². The van der Waals surface area contributed by atoms with Crippen molar-refractivity contribution in [3.05, 3.63) is 16.1 Å². The average Bonchev–Trinajstić information content (AvgIpc) is 2.74. The van der Waals surface area contributed by atoms with Gasteiger partial charge in [-0.2, -0.15) is 0 Å². The third kappa shape index (κ3) is 2.51. The molecule has 0 bridgehead atoms. The standard InChI is InChI=1S/C13H20N2S.ClH/c1-2-5-15-6-3-4-10-7-11-13(8-12(10)15)16-9-14-11;/h9-10,12H,2-8H2,1H3;1H/t10-,12-;/m0./s1. The normalized spacial score (nSPS) is 28.1.